The number of nitrogens with zero attached hydrogens (tertiary/aromatic N) is 3. The van der Waals surface area contributed by atoms with Crippen LogP contribution in [0.3, 0.4) is 0 Å². The van der Waals surface area contributed by atoms with Crippen LogP contribution in [-0.2, 0) is 4.74 Å². The van der Waals surface area contributed by atoms with Crippen molar-refractivity contribution in [3.8, 4) is 0 Å². The number of piperidine rings is 1. The number of nitrogens with one attached hydrogen (secondary N) is 1. The third-order valence-electron chi connectivity index (χ3n) is 3.84. The molecule has 0 atom stereocenters. The van der Waals surface area contributed by atoms with Crippen molar-refractivity contribution in [2.24, 2.45) is 0 Å². The number of likely N-dealkylation sites (tertiary alicyclic amines) is 1. The molecule has 1 aliphatic heterocycles. The molecule has 0 spiro atoms. The summed E-state index contributed by atoms with van der Waals surface area (Å²) in [4.78, 5) is 34.1. The molecule has 0 unspecified atom stereocenters. The molecule has 0 bridgehead atoms. The Kier molecular flexibility index (Phi) is 5.73. The maximum atomic E-state index is 11.8. The smallest absolute Gasteiger partial charge is 0.410 e. The number of non-ortho nitro benzene ring substituents is 1. The third-order valence-corrected chi connectivity index (χ3v) is 3.84. The molecule has 0 saturated carbocycles. The van der Waals surface area contributed by atoms with Gasteiger partial charge >= 0.3 is 6.09 Å². The summed E-state index contributed by atoms with van der Waals surface area (Å²) in [5.41, 5.74) is -0.432. The first-order valence-corrected chi connectivity index (χ1v) is 7.93. The summed E-state index contributed by atoms with van der Waals surface area (Å²) in [6.45, 7) is 4.51. The fourth-order valence-corrected chi connectivity index (χ4v) is 2.61. The molecule has 25 heavy (non-hydrogen) atoms. The van der Waals surface area contributed by atoms with Crippen LogP contribution in [0.5, 0.6) is 0 Å². The van der Waals surface area contributed by atoms with E-state index in [1.165, 1.54) is 12.1 Å². The van der Waals surface area contributed by atoms with E-state index in [9.17, 15) is 25.0 Å². The van der Waals surface area contributed by atoms with Crippen LogP contribution < -0.4 is 5.32 Å². The molecule has 1 saturated heterocycles. The Bertz CT molecular complexity index is 670. The minimum Gasteiger partial charge on any atom is -0.447 e. The van der Waals surface area contributed by atoms with E-state index in [0.717, 1.165) is 6.07 Å². The van der Waals surface area contributed by atoms with Gasteiger partial charge in [-0.15, -0.1) is 0 Å². The predicted molar refractivity (Wildman–Crippen MR) is 89.6 cm³/mol. The molecular weight excluding hydrogens is 332 g/mol. The first kappa shape index (κ1) is 18.4. The minimum absolute atomic E-state index is 0.0664. The molecule has 1 aromatic rings. The second-order valence-corrected chi connectivity index (χ2v) is 6.05. The maximum absolute atomic E-state index is 11.8. The van der Waals surface area contributed by atoms with E-state index in [2.05, 4.69) is 5.32 Å². The lowest BCUT2D eigenvalue weighted by Crippen LogP contribution is -2.43. The van der Waals surface area contributed by atoms with E-state index in [4.69, 9.17) is 4.74 Å². The van der Waals surface area contributed by atoms with E-state index in [1.807, 2.05) is 0 Å². The van der Waals surface area contributed by atoms with Crippen molar-refractivity contribution in [3.63, 3.8) is 0 Å². The second kappa shape index (κ2) is 7.77. The molecule has 1 aliphatic rings. The summed E-state index contributed by atoms with van der Waals surface area (Å²) in [6.07, 6.45) is 0.642. The lowest BCUT2D eigenvalue weighted by atomic mass is 10.0. The zero-order valence-corrected chi connectivity index (χ0v) is 14.0. The highest BCUT2D eigenvalue weighted by molar-refractivity contribution is 5.68. The Balaban J connectivity index is 2.01. The summed E-state index contributed by atoms with van der Waals surface area (Å²) in [6, 6.07) is 3.45. The summed E-state index contributed by atoms with van der Waals surface area (Å²) in [5.74, 6) is 0. The average Bonchev–Trinajstić information content (AvgIpc) is 2.54. The molecule has 10 nitrogen and oxygen atoms in total. The second-order valence-electron chi connectivity index (χ2n) is 6.05. The van der Waals surface area contributed by atoms with Crippen LogP contribution in [0, 0.1) is 20.2 Å². The molecule has 1 N–H and O–H groups in total. The maximum Gasteiger partial charge on any atom is 0.410 e. The number of amides is 1. The number of carbonyl (C=O) groups excluding carboxylic acids is 1. The van der Waals surface area contributed by atoms with Crippen molar-refractivity contribution >= 4 is 23.2 Å². The van der Waals surface area contributed by atoms with Crippen molar-refractivity contribution in [2.75, 3.05) is 18.4 Å². The van der Waals surface area contributed by atoms with Gasteiger partial charge in [0.1, 0.15) is 5.69 Å². The van der Waals surface area contributed by atoms with Crippen LogP contribution in [0.2, 0.25) is 0 Å². The molecule has 136 valence electrons. The Morgan fingerprint density at radius 3 is 2.40 bits per heavy atom. The monoisotopic (exact) mass is 352 g/mol. The van der Waals surface area contributed by atoms with E-state index >= 15 is 0 Å². The summed E-state index contributed by atoms with van der Waals surface area (Å²) >= 11 is 0. The number of hydrogen-bond donors (Lipinski definition) is 1. The lowest BCUT2D eigenvalue weighted by molar-refractivity contribution is -0.393. The fraction of sp³-hybridized carbons (Fsp3) is 0.533. The molecule has 1 aromatic carbocycles. The van der Waals surface area contributed by atoms with E-state index < -0.39 is 9.85 Å². The zero-order valence-electron chi connectivity index (χ0n) is 14.0. The Morgan fingerprint density at radius 1 is 1.24 bits per heavy atom. The predicted octanol–water partition coefficient (Wildman–Crippen LogP) is 2.92. The minimum atomic E-state index is -0.671. The number of ether oxygens (including phenoxy) is 1. The molecular formula is C15H20N4O6. The highest BCUT2D eigenvalue weighted by Crippen LogP contribution is 2.30. The fourth-order valence-electron chi connectivity index (χ4n) is 2.61. The van der Waals surface area contributed by atoms with Gasteiger partial charge in [0.15, 0.2) is 0 Å². The SMILES string of the molecule is CC(C)OC(=O)N1CCC(Nc2ccc([N+](=O)[O-])cc2[N+](=O)[O-])CC1. The number of benzene rings is 1. The summed E-state index contributed by atoms with van der Waals surface area (Å²) < 4.78 is 5.14. The number of carbonyl (C=O) groups is 1. The van der Waals surface area contributed by atoms with Gasteiger partial charge in [-0.3, -0.25) is 20.2 Å². The standard InChI is InChI=1S/C15H20N4O6/c1-10(2)25-15(20)17-7-5-11(6-8-17)16-13-4-3-12(18(21)22)9-14(13)19(23)24/h3-4,9-11,16H,5-8H2,1-2H3. The highest BCUT2D eigenvalue weighted by Gasteiger charge is 2.26. The average molecular weight is 352 g/mol. The van der Waals surface area contributed by atoms with E-state index in [0.29, 0.717) is 25.9 Å². The number of nitro benzene ring substituents is 2. The van der Waals surface area contributed by atoms with Gasteiger partial charge in [0.05, 0.1) is 22.0 Å². The van der Waals surface area contributed by atoms with Gasteiger partial charge in [-0.1, -0.05) is 0 Å². The molecule has 2 rings (SSSR count). The summed E-state index contributed by atoms with van der Waals surface area (Å²) in [7, 11) is 0. The van der Waals surface area contributed by atoms with Crippen LogP contribution in [0.4, 0.5) is 21.9 Å². The Hall–Kier alpha value is -2.91. The highest BCUT2D eigenvalue weighted by atomic mass is 16.6. The van der Waals surface area contributed by atoms with E-state index in [1.54, 1.807) is 18.7 Å². The molecule has 0 radical (unpaired) electrons. The topological polar surface area (TPSA) is 128 Å². The molecule has 0 aromatic heterocycles. The van der Waals surface area contributed by atoms with Crippen LogP contribution in [0.15, 0.2) is 18.2 Å². The number of rotatable bonds is 5. The molecule has 1 amide bonds. The number of hydrogen-bond acceptors (Lipinski definition) is 7. The van der Waals surface area contributed by atoms with E-state index in [-0.39, 0.29) is 35.3 Å². The Morgan fingerprint density at radius 2 is 1.88 bits per heavy atom. The van der Waals surface area contributed by atoms with Gasteiger partial charge in [-0.05, 0) is 32.8 Å². The van der Waals surface area contributed by atoms with Gasteiger partial charge in [-0.25, -0.2) is 4.79 Å². The van der Waals surface area contributed by atoms with Crippen LogP contribution in [0.1, 0.15) is 26.7 Å². The van der Waals surface area contributed by atoms with Gasteiger partial charge in [-0.2, -0.15) is 0 Å². The quantitative estimate of drug-likeness (QED) is 0.637. The Labute approximate surface area is 144 Å². The normalized spacial score (nSPS) is 15.1. The van der Waals surface area contributed by atoms with Crippen molar-refractivity contribution in [1.29, 1.82) is 0 Å². The van der Waals surface area contributed by atoms with Gasteiger partial charge in [0, 0.05) is 25.2 Å². The number of nitro groups is 2. The van der Waals surface area contributed by atoms with Crippen molar-refractivity contribution in [2.45, 2.75) is 38.8 Å². The molecule has 10 heteroatoms. The van der Waals surface area contributed by atoms with Crippen molar-refractivity contribution < 1.29 is 19.4 Å². The molecule has 1 heterocycles. The first-order valence-electron chi connectivity index (χ1n) is 7.93. The van der Waals surface area contributed by atoms with Crippen LogP contribution >= 0.6 is 0 Å². The molecule has 1 fully saturated rings. The lowest BCUT2D eigenvalue weighted by Gasteiger charge is -2.32. The van der Waals surface area contributed by atoms with Gasteiger partial charge in [0.25, 0.3) is 11.4 Å². The van der Waals surface area contributed by atoms with Gasteiger partial charge < -0.3 is 15.0 Å². The van der Waals surface area contributed by atoms with Gasteiger partial charge in [0.2, 0.25) is 0 Å². The van der Waals surface area contributed by atoms with Crippen LogP contribution in [-0.4, -0.2) is 46.1 Å². The molecule has 0 aliphatic carbocycles. The van der Waals surface area contributed by atoms with Crippen molar-refractivity contribution in [1.82, 2.24) is 4.90 Å². The first-order chi connectivity index (χ1) is 11.8. The van der Waals surface area contributed by atoms with Crippen LogP contribution in [0.25, 0.3) is 0 Å². The number of anilines is 1. The summed E-state index contributed by atoms with van der Waals surface area (Å²) in [5, 5.41) is 25.0. The third kappa shape index (κ3) is 4.78. The largest absolute Gasteiger partial charge is 0.447 e. The zero-order chi connectivity index (χ0) is 18.6. The van der Waals surface area contributed by atoms with Crippen molar-refractivity contribution in [3.05, 3.63) is 38.4 Å².